The normalized spacial score (nSPS) is 19.8. The predicted octanol–water partition coefficient (Wildman–Crippen LogP) is 3.39. The van der Waals surface area contributed by atoms with Crippen LogP contribution < -0.4 is 9.47 Å². The Morgan fingerprint density at radius 2 is 1.83 bits per heavy atom. The van der Waals surface area contributed by atoms with Crippen LogP contribution in [0.1, 0.15) is 36.5 Å². The summed E-state index contributed by atoms with van der Waals surface area (Å²) < 4.78 is 11.6. The van der Waals surface area contributed by atoms with E-state index in [1.165, 1.54) is 11.1 Å². The van der Waals surface area contributed by atoms with Gasteiger partial charge >= 0.3 is 0 Å². The van der Waals surface area contributed by atoms with Gasteiger partial charge in [-0.15, -0.1) is 0 Å². The average Bonchev–Trinajstić information content (AvgIpc) is 2.93. The van der Waals surface area contributed by atoms with E-state index in [0.717, 1.165) is 62.6 Å². The number of likely N-dealkylation sites (tertiary alicyclic amines) is 1. The number of hydrogen-bond acceptors (Lipinski definition) is 5. The standard InChI is InChI=1S/C24H32N2O3/c1-3-28-22-7-4-19(5-8-22)17-26-14-15-29-23-9-6-21(16-20(23)18-26)24(27)10-12-25(2)13-11-24/h4-9,16,27H,3,10-15,17-18H2,1-2H3. The Morgan fingerprint density at radius 3 is 2.55 bits per heavy atom. The van der Waals surface area contributed by atoms with Gasteiger partial charge in [-0.1, -0.05) is 18.2 Å². The molecule has 1 fully saturated rings. The molecule has 4 rings (SSSR count). The van der Waals surface area contributed by atoms with E-state index in [4.69, 9.17) is 9.47 Å². The fourth-order valence-electron chi connectivity index (χ4n) is 4.27. The summed E-state index contributed by atoms with van der Waals surface area (Å²) in [6.07, 6.45) is 1.55. The summed E-state index contributed by atoms with van der Waals surface area (Å²) in [5, 5.41) is 11.2. The molecule has 0 atom stereocenters. The topological polar surface area (TPSA) is 45.2 Å². The third-order valence-corrected chi connectivity index (χ3v) is 6.11. The maximum absolute atomic E-state index is 11.2. The first-order valence-corrected chi connectivity index (χ1v) is 10.7. The lowest BCUT2D eigenvalue weighted by Crippen LogP contribution is -2.40. The van der Waals surface area contributed by atoms with E-state index in [1.807, 2.05) is 31.2 Å². The van der Waals surface area contributed by atoms with Gasteiger partial charge in [-0.2, -0.15) is 0 Å². The zero-order valence-electron chi connectivity index (χ0n) is 17.6. The van der Waals surface area contributed by atoms with Crippen LogP contribution in [-0.2, 0) is 18.7 Å². The van der Waals surface area contributed by atoms with E-state index in [0.29, 0.717) is 13.2 Å². The minimum absolute atomic E-state index is 0.679. The first-order valence-electron chi connectivity index (χ1n) is 10.7. The third-order valence-electron chi connectivity index (χ3n) is 6.11. The molecule has 0 saturated carbocycles. The third kappa shape index (κ3) is 4.74. The molecule has 5 nitrogen and oxygen atoms in total. The Balaban J connectivity index is 1.49. The second-order valence-corrected chi connectivity index (χ2v) is 8.29. The summed E-state index contributed by atoms with van der Waals surface area (Å²) in [6, 6.07) is 14.6. The lowest BCUT2D eigenvalue weighted by molar-refractivity contribution is -0.0204. The molecule has 0 unspecified atom stereocenters. The SMILES string of the molecule is CCOc1ccc(CN2CCOc3ccc(C4(O)CCN(C)CC4)cc3C2)cc1. The van der Waals surface area contributed by atoms with Gasteiger partial charge in [-0.25, -0.2) is 0 Å². The molecule has 0 spiro atoms. The molecule has 5 heteroatoms. The highest BCUT2D eigenvalue weighted by molar-refractivity contribution is 5.40. The van der Waals surface area contributed by atoms with Crippen LogP contribution in [0.3, 0.4) is 0 Å². The van der Waals surface area contributed by atoms with Crippen LogP contribution in [0.15, 0.2) is 42.5 Å². The fourth-order valence-corrected chi connectivity index (χ4v) is 4.27. The molecule has 0 aromatic heterocycles. The van der Waals surface area contributed by atoms with E-state index in [1.54, 1.807) is 0 Å². The molecule has 2 heterocycles. The van der Waals surface area contributed by atoms with Crippen molar-refractivity contribution in [3.8, 4) is 11.5 Å². The van der Waals surface area contributed by atoms with Crippen LogP contribution in [0.5, 0.6) is 11.5 Å². The van der Waals surface area contributed by atoms with Gasteiger partial charge in [-0.3, -0.25) is 4.90 Å². The summed E-state index contributed by atoms with van der Waals surface area (Å²) in [5.41, 5.74) is 2.73. The molecule has 2 aliphatic heterocycles. The van der Waals surface area contributed by atoms with Gasteiger partial charge < -0.3 is 19.5 Å². The number of hydrogen-bond donors (Lipinski definition) is 1. The summed E-state index contributed by atoms with van der Waals surface area (Å²) >= 11 is 0. The minimum atomic E-state index is -0.728. The van der Waals surface area contributed by atoms with Crippen molar-refractivity contribution in [3.63, 3.8) is 0 Å². The van der Waals surface area contributed by atoms with Gasteiger partial charge in [0.15, 0.2) is 0 Å². The van der Waals surface area contributed by atoms with Crippen molar-refractivity contribution in [2.45, 2.75) is 38.5 Å². The van der Waals surface area contributed by atoms with Crippen LogP contribution in [0.4, 0.5) is 0 Å². The number of rotatable bonds is 5. The summed E-state index contributed by atoms with van der Waals surface area (Å²) in [5.74, 6) is 1.86. The molecule has 0 amide bonds. The van der Waals surface area contributed by atoms with Gasteiger partial charge in [0.2, 0.25) is 0 Å². The van der Waals surface area contributed by atoms with Crippen molar-refractivity contribution in [1.82, 2.24) is 9.80 Å². The number of fused-ring (bicyclic) bond motifs is 1. The first kappa shape index (κ1) is 20.2. The van der Waals surface area contributed by atoms with Gasteiger partial charge in [0.25, 0.3) is 0 Å². The highest BCUT2D eigenvalue weighted by Gasteiger charge is 2.33. The van der Waals surface area contributed by atoms with Crippen molar-refractivity contribution in [2.24, 2.45) is 0 Å². The van der Waals surface area contributed by atoms with Gasteiger partial charge in [0, 0.05) is 38.3 Å². The molecular formula is C24H32N2O3. The number of nitrogens with zero attached hydrogens (tertiary/aromatic N) is 2. The van der Waals surface area contributed by atoms with E-state index in [-0.39, 0.29) is 0 Å². The molecule has 0 radical (unpaired) electrons. The lowest BCUT2D eigenvalue weighted by atomic mass is 9.84. The van der Waals surface area contributed by atoms with Crippen molar-refractivity contribution in [1.29, 1.82) is 0 Å². The molecular weight excluding hydrogens is 364 g/mol. The first-order chi connectivity index (χ1) is 14.1. The van der Waals surface area contributed by atoms with E-state index in [2.05, 4.69) is 35.0 Å². The Kier molecular flexibility index (Phi) is 6.09. The van der Waals surface area contributed by atoms with Gasteiger partial charge in [0.05, 0.1) is 12.2 Å². The number of benzene rings is 2. The molecule has 0 bridgehead atoms. The van der Waals surface area contributed by atoms with Gasteiger partial charge in [0.1, 0.15) is 18.1 Å². The molecule has 2 aromatic rings. The van der Waals surface area contributed by atoms with Crippen molar-refractivity contribution in [2.75, 3.05) is 39.9 Å². The fraction of sp³-hybridized carbons (Fsp3) is 0.500. The maximum Gasteiger partial charge on any atom is 0.123 e. The van der Waals surface area contributed by atoms with E-state index < -0.39 is 5.60 Å². The Bertz CT molecular complexity index is 813. The van der Waals surface area contributed by atoms with Gasteiger partial charge in [-0.05, 0) is 62.2 Å². The Hall–Kier alpha value is -2.08. The van der Waals surface area contributed by atoms with Crippen molar-refractivity contribution < 1.29 is 14.6 Å². The molecule has 2 aliphatic rings. The van der Waals surface area contributed by atoms with Crippen molar-refractivity contribution >= 4 is 0 Å². The summed E-state index contributed by atoms with van der Waals surface area (Å²) in [7, 11) is 2.11. The number of ether oxygens (including phenoxy) is 2. The van der Waals surface area contributed by atoms with Crippen LogP contribution in [0.2, 0.25) is 0 Å². The smallest absolute Gasteiger partial charge is 0.123 e. The molecule has 1 saturated heterocycles. The minimum Gasteiger partial charge on any atom is -0.494 e. The van der Waals surface area contributed by atoms with Crippen LogP contribution in [-0.4, -0.2) is 54.8 Å². The zero-order chi connectivity index (χ0) is 20.3. The van der Waals surface area contributed by atoms with Crippen LogP contribution >= 0.6 is 0 Å². The van der Waals surface area contributed by atoms with E-state index in [9.17, 15) is 5.11 Å². The lowest BCUT2D eigenvalue weighted by Gasteiger charge is -2.37. The maximum atomic E-state index is 11.2. The highest BCUT2D eigenvalue weighted by Crippen LogP contribution is 2.35. The zero-order valence-corrected chi connectivity index (χ0v) is 17.6. The monoisotopic (exact) mass is 396 g/mol. The second-order valence-electron chi connectivity index (χ2n) is 8.29. The molecule has 1 N–H and O–H groups in total. The van der Waals surface area contributed by atoms with E-state index >= 15 is 0 Å². The average molecular weight is 397 g/mol. The van der Waals surface area contributed by atoms with Crippen molar-refractivity contribution in [3.05, 3.63) is 59.2 Å². The second kappa shape index (κ2) is 8.74. The summed E-state index contributed by atoms with van der Waals surface area (Å²) in [4.78, 5) is 4.68. The number of piperidine rings is 1. The van der Waals surface area contributed by atoms with Crippen LogP contribution in [0.25, 0.3) is 0 Å². The highest BCUT2D eigenvalue weighted by atomic mass is 16.5. The molecule has 0 aliphatic carbocycles. The Labute approximate surface area is 173 Å². The predicted molar refractivity (Wildman–Crippen MR) is 114 cm³/mol. The molecule has 2 aromatic carbocycles. The summed E-state index contributed by atoms with van der Waals surface area (Å²) in [6.45, 7) is 7.79. The Morgan fingerprint density at radius 1 is 1.07 bits per heavy atom. The quantitative estimate of drug-likeness (QED) is 0.839. The molecule has 29 heavy (non-hydrogen) atoms. The number of aliphatic hydroxyl groups is 1. The van der Waals surface area contributed by atoms with Crippen LogP contribution in [0, 0.1) is 0 Å². The molecule has 156 valence electrons. The largest absolute Gasteiger partial charge is 0.494 e.